The molecule has 1 heterocycles. The third-order valence-electron chi connectivity index (χ3n) is 3.45. The minimum absolute atomic E-state index is 0.378. The van der Waals surface area contributed by atoms with Crippen LogP contribution in [0.2, 0.25) is 5.02 Å². The number of hydrogen-bond donors (Lipinski definition) is 1. The van der Waals surface area contributed by atoms with E-state index in [0.717, 1.165) is 27.5 Å². The van der Waals surface area contributed by atoms with E-state index in [2.05, 4.69) is 15.1 Å². The van der Waals surface area contributed by atoms with Crippen LogP contribution in [-0.4, -0.2) is 9.97 Å². The number of aromatic amines is 1. The Bertz CT molecular complexity index is 945. The van der Waals surface area contributed by atoms with Crippen LogP contribution >= 0.6 is 11.6 Å². The number of nitrogens with one attached hydrogen (secondary N) is 1. The molecule has 5 heteroatoms. The Labute approximate surface area is 118 Å². The Kier molecular flexibility index (Phi) is 2.28. The first-order valence-corrected chi connectivity index (χ1v) is 6.49. The third-order valence-corrected chi connectivity index (χ3v) is 3.69. The lowest BCUT2D eigenvalue weighted by Gasteiger charge is -2.04. The highest BCUT2D eigenvalue weighted by molar-refractivity contribution is 6.31. The Morgan fingerprint density at radius 1 is 1.10 bits per heavy atom. The molecule has 0 saturated carbocycles. The molecule has 0 aromatic heterocycles. The first-order chi connectivity index (χ1) is 9.78. The van der Waals surface area contributed by atoms with Crippen molar-refractivity contribution in [3.8, 4) is 11.4 Å². The molecule has 1 aliphatic carbocycles. The quantitative estimate of drug-likeness (QED) is 0.506. The van der Waals surface area contributed by atoms with Crippen LogP contribution in [0.5, 0.6) is 0 Å². The first kappa shape index (κ1) is 11.4. The standard InChI is InChI=1S/C15H8ClN3O/c16-8-5-6-11-12(7-8)18-13-9-3-1-2-4-10(9)14(19-20)15(13)17-11/h1-7,18H. The van der Waals surface area contributed by atoms with Crippen LogP contribution in [0, 0.1) is 4.91 Å². The third kappa shape index (κ3) is 1.45. The fourth-order valence-electron chi connectivity index (χ4n) is 2.57. The molecule has 1 N–H and O–H groups in total. The number of rotatable bonds is 1. The van der Waals surface area contributed by atoms with Gasteiger partial charge in [-0.25, -0.2) is 4.98 Å². The molecule has 0 atom stereocenters. The number of hydrogen-bond acceptors (Lipinski definition) is 3. The van der Waals surface area contributed by atoms with E-state index in [1.165, 1.54) is 0 Å². The zero-order valence-electron chi connectivity index (χ0n) is 10.2. The van der Waals surface area contributed by atoms with Gasteiger partial charge in [-0.1, -0.05) is 35.9 Å². The van der Waals surface area contributed by atoms with E-state index in [-0.39, 0.29) is 0 Å². The molecular formula is C15H8ClN3O. The first-order valence-electron chi connectivity index (χ1n) is 6.11. The van der Waals surface area contributed by atoms with Gasteiger partial charge in [0.1, 0.15) is 11.4 Å². The predicted octanol–water partition coefficient (Wildman–Crippen LogP) is 4.87. The fourth-order valence-corrected chi connectivity index (χ4v) is 2.74. The Balaban J connectivity index is 2.26. The molecule has 20 heavy (non-hydrogen) atoms. The lowest BCUT2D eigenvalue weighted by atomic mass is 10.2. The molecule has 2 aliphatic rings. The van der Waals surface area contributed by atoms with Crippen molar-refractivity contribution in [2.24, 2.45) is 5.18 Å². The SMILES string of the molecule is O=Nc1c2nc3ccc(Cl)cc3[nH]c-2c2ccccc12. The topological polar surface area (TPSA) is 58.1 Å². The van der Waals surface area contributed by atoms with E-state index in [4.69, 9.17) is 11.6 Å². The van der Waals surface area contributed by atoms with Crippen molar-refractivity contribution in [1.82, 2.24) is 9.97 Å². The number of nitroso groups, excluding NO2 is 1. The summed E-state index contributed by atoms with van der Waals surface area (Å²) in [7, 11) is 0. The van der Waals surface area contributed by atoms with Gasteiger partial charge in [-0.2, -0.15) is 0 Å². The van der Waals surface area contributed by atoms with E-state index in [1.54, 1.807) is 6.07 Å². The van der Waals surface area contributed by atoms with E-state index in [9.17, 15) is 4.91 Å². The average molecular weight is 282 g/mol. The zero-order valence-corrected chi connectivity index (χ0v) is 11.0. The monoisotopic (exact) mass is 281 g/mol. The maximum atomic E-state index is 11.2. The molecule has 0 radical (unpaired) electrons. The molecule has 0 spiro atoms. The maximum Gasteiger partial charge on any atom is 0.143 e. The lowest BCUT2D eigenvalue weighted by Crippen LogP contribution is -1.89. The maximum absolute atomic E-state index is 11.2. The van der Waals surface area contributed by atoms with Crippen molar-refractivity contribution in [3.63, 3.8) is 0 Å². The summed E-state index contributed by atoms with van der Waals surface area (Å²) in [6.07, 6.45) is 0. The van der Waals surface area contributed by atoms with Crippen LogP contribution in [0.15, 0.2) is 47.6 Å². The van der Waals surface area contributed by atoms with Crippen molar-refractivity contribution in [2.75, 3.05) is 0 Å². The number of nitrogens with zero attached hydrogens (tertiary/aromatic N) is 2. The van der Waals surface area contributed by atoms with Crippen LogP contribution in [0.1, 0.15) is 0 Å². The minimum atomic E-state index is 0.378. The van der Waals surface area contributed by atoms with Gasteiger partial charge in [0.2, 0.25) is 0 Å². The molecule has 1 aliphatic heterocycles. The number of benzene rings is 2. The van der Waals surface area contributed by atoms with Gasteiger partial charge >= 0.3 is 0 Å². The van der Waals surface area contributed by atoms with Gasteiger partial charge in [-0.15, -0.1) is 4.91 Å². The van der Waals surface area contributed by atoms with Gasteiger partial charge in [0, 0.05) is 15.8 Å². The molecule has 2 aromatic rings. The second-order valence-corrected chi connectivity index (χ2v) is 5.04. The van der Waals surface area contributed by atoms with E-state index < -0.39 is 0 Å². The molecule has 2 aromatic carbocycles. The zero-order chi connectivity index (χ0) is 13.7. The molecule has 0 fully saturated rings. The van der Waals surface area contributed by atoms with Crippen molar-refractivity contribution < 1.29 is 0 Å². The van der Waals surface area contributed by atoms with Gasteiger partial charge in [-0.05, 0) is 23.4 Å². The summed E-state index contributed by atoms with van der Waals surface area (Å²) in [6, 6.07) is 13.0. The second kappa shape index (κ2) is 4.02. The van der Waals surface area contributed by atoms with E-state index in [0.29, 0.717) is 16.4 Å². The number of aromatic nitrogens is 2. The molecule has 0 saturated heterocycles. The van der Waals surface area contributed by atoms with Crippen molar-refractivity contribution >= 4 is 39.1 Å². The lowest BCUT2D eigenvalue weighted by molar-refractivity contribution is 1.30. The minimum Gasteiger partial charge on any atom is -0.351 e. The Hall–Kier alpha value is -2.46. The van der Waals surface area contributed by atoms with E-state index in [1.807, 2.05) is 36.4 Å². The molecule has 4 nitrogen and oxygen atoms in total. The van der Waals surface area contributed by atoms with Crippen molar-refractivity contribution in [3.05, 3.63) is 52.4 Å². The molecule has 4 rings (SSSR count). The van der Waals surface area contributed by atoms with Crippen LogP contribution in [0.25, 0.3) is 33.2 Å². The number of fused-ring (bicyclic) bond motifs is 4. The average Bonchev–Trinajstić information content (AvgIpc) is 2.78. The van der Waals surface area contributed by atoms with Crippen LogP contribution in [0.4, 0.5) is 5.69 Å². The smallest absolute Gasteiger partial charge is 0.143 e. The Morgan fingerprint density at radius 2 is 1.90 bits per heavy atom. The second-order valence-electron chi connectivity index (χ2n) is 4.61. The summed E-state index contributed by atoms with van der Waals surface area (Å²) in [4.78, 5) is 19.0. The molecule has 0 amide bonds. The van der Waals surface area contributed by atoms with Crippen LogP contribution in [0.3, 0.4) is 0 Å². The van der Waals surface area contributed by atoms with E-state index >= 15 is 0 Å². The predicted molar refractivity (Wildman–Crippen MR) is 80.7 cm³/mol. The van der Waals surface area contributed by atoms with Gasteiger partial charge in [0.25, 0.3) is 0 Å². The summed E-state index contributed by atoms with van der Waals surface area (Å²) >= 11 is 6.00. The van der Waals surface area contributed by atoms with Gasteiger partial charge in [0.15, 0.2) is 0 Å². The summed E-state index contributed by atoms with van der Waals surface area (Å²) in [5.74, 6) is 0. The van der Waals surface area contributed by atoms with Crippen LogP contribution in [-0.2, 0) is 0 Å². The van der Waals surface area contributed by atoms with Gasteiger partial charge in [-0.3, -0.25) is 0 Å². The van der Waals surface area contributed by atoms with Crippen molar-refractivity contribution in [2.45, 2.75) is 0 Å². The Morgan fingerprint density at radius 3 is 2.70 bits per heavy atom. The normalized spacial score (nSPS) is 11.4. The molecule has 96 valence electrons. The highest BCUT2D eigenvalue weighted by Crippen LogP contribution is 2.42. The largest absolute Gasteiger partial charge is 0.351 e. The van der Waals surface area contributed by atoms with Gasteiger partial charge in [0.05, 0.1) is 16.7 Å². The summed E-state index contributed by atoms with van der Waals surface area (Å²) in [5.41, 5.74) is 3.37. The summed E-state index contributed by atoms with van der Waals surface area (Å²) in [5, 5.41) is 5.54. The van der Waals surface area contributed by atoms with Gasteiger partial charge < -0.3 is 4.98 Å². The van der Waals surface area contributed by atoms with Crippen LogP contribution < -0.4 is 0 Å². The summed E-state index contributed by atoms with van der Waals surface area (Å²) < 4.78 is 0. The number of H-pyrrole nitrogens is 1. The molecule has 0 unspecified atom stereocenters. The van der Waals surface area contributed by atoms with Crippen molar-refractivity contribution in [1.29, 1.82) is 0 Å². The molecular weight excluding hydrogens is 274 g/mol. The molecule has 0 bridgehead atoms. The fraction of sp³-hybridized carbons (Fsp3) is 0. The number of halogens is 1. The highest BCUT2D eigenvalue weighted by atomic mass is 35.5. The summed E-state index contributed by atoms with van der Waals surface area (Å²) in [6.45, 7) is 0. The highest BCUT2D eigenvalue weighted by Gasteiger charge is 2.21.